The van der Waals surface area contributed by atoms with Crippen LogP contribution in [-0.2, 0) is 30.6 Å². The van der Waals surface area contributed by atoms with Gasteiger partial charge in [0, 0.05) is 17.1 Å². The number of amides is 1. The topological polar surface area (TPSA) is 64.0 Å². The van der Waals surface area contributed by atoms with Gasteiger partial charge in [-0.2, -0.15) is 5.10 Å². The van der Waals surface area contributed by atoms with Gasteiger partial charge in [0.25, 0.3) is 5.56 Å². The van der Waals surface area contributed by atoms with E-state index < -0.39 is 0 Å². The molecule has 1 N–H and O–H groups in total. The summed E-state index contributed by atoms with van der Waals surface area (Å²) in [6.45, 7) is 0.805. The van der Waals surface area contributed by atoms with E-state index in [2.05, 4.69) is 26.3 Å². The van der Waals surface area contributed by atoms with E-state index in [0.29, 0.717) is 19.5 Å². The van der Waals surface area contributed by atoms with Crippen molar-refractivity contribution in [2.75, 3.05) is 6.54 Å². The first-order chi connectivity index (χ1) is 11.1. The van der Waals surface area contributed by atoms with E-state index in [4.69, 9.17) is 0 Å². The van der Waals surface area contributed by atoms with Crippen LogP contribution in [0.4, 0.5) is 0 Å². The zero-order valence-electron chi connectivity index (χ0n) is 12.7. The fraction of sp³-hybridized carbons (Fsp3) is 0.353. The number of carbonyl (C=O) groups is 1. The molecule has 0 saturated heterocycles. The Labute approximate surface area is 142 Å². The standard InChI is InChI=1S/C17H18BrN3O2/c18-14-6-4-12(5-7-14)10-16(22)19-8-9-21-17(23)11-13-2-1-3-15(13)20-21/h4-7,11H,1-3,8-10H2,(H,19,22). The Kier molecular flexibility index (Phi) is 4.91. The van der Waals surface area contributed by atoms with Crippen LogP contribution < -0.4 is 10.9 Å². The maximum atomic E-state index is 12.0. The Morgan fingerprint density at radius 2 is 2.04 bits per heavy atom. The van der Waals surface area contributed by atoms with Crippen molar-refractivity contribution in [1.29, 1.82) is 0 Å². The van der Waals surface area contributed by atoms with E-state index in [1.54, 1.807) is 6.07 Å². The van der Waals surface area contributed by atoms with Crippen LogP contribution in [0.1, 0.15) is 23.2 Å². The summed E-state index contributed by atoms with van der Waals surface area (Å²) in [5, 5.41) is 7.23. The first-order valence-electron chi connectivity index (χ1n) is 7.73. The van der Waals surface area contributed by atoms with E-state index >= 15 is 0 Å². The number of nitrogens with zero attached hydrogens (tertiary/aromatic N) is 2. The number of halogens is 1. The summed E-state index contributed by atoms with van der Waals surface area (Å²) in [5.74, 6) is -0.0541. The number of fused-ring (bicyclic) bond motifs is 1. The van der Waals surface area contributed by atoms with Crippen molar-refractivity contribution >= 4 is 21.8 Å². The Bertz CT molecular complexity index is 768. The van der Waals surface area contributed by atoms with Crippen molar-refractivity contribution in [2.24, 2.45) is 0 Å². The first-order valence-corrected chi connectivity index (χ1v) is 8.52. The molecular weight excluding hydrogens is 358 g/mol. The monoisotopic (exact) mass is 375 g/mol. The van der Waals surface area contributed by atoms with Gasteiger partial charge < -0.3 is 5.32 Å². The minimum Gasteiger partial charge on any atom is -0.354 e. The number of rotatable bonds is 5. The zero-order valence-corrected chi connectivity index (χ0v) is 14.3. The van der Waals surface area contributed by atoms with Crippen LogP contribution in [0.5, 0.6) is 0 Å². The largest absolute Gasteiger partial charge is 0.354 e. The number of aromatic nitrogens is 2. The molecule has 0 atom stereocenters. The number of aryl methyl sites for hydroxylation is 2. The molecule has 23 heavy (non-hydrogen) atoms. The van der Waals surface area contributed by atoms with Gasteiger partial charge in [0.2, 0.25) is 5.91 Å². The highest BCUT2D eigenvalue weighted by Gasteiger charge is 2.14. The predicted molar refractivity (Wildman–Crippen MR) is 91.4 cm³/mol. The maximum absolute atomic E-state index is 12.0. The quantitative estimate of drug-likeness (QED) is 0.867. The Morgan fingerprint density at radius 3 is 2.83 bits per heavy atom. The molecule has 1 amide bonds. The van der Waals surface area contributed by atoms with Crippen LogP contribution in [0.2, 0.25) is 0 Å². The van der Waals surface area contributed by atoms with E-state index in [9.17, 15) is 9.59 Å². The minimum absolute atomic E-state index is 0.0541. The Morgan fingerprint density at radius 1 is 1.26 bits per heavy atom. The fourth-order valence-electron chi connectivity index (χ4n) is 2.75. The molecule has 1 aromatic heterocycles. The Balaban J connectivity index is 1.52. The van der Waals surface area contributed by atoms with Gasteiger partial charge in [-0.15, -0.1) is 0 Å². The molecule has 5 nitrogen and oxygen atoms in total. The average molecular weight is 376 g/mol. The zero-order chi connectivity index (χ0) is 16.2. The lowest BCUT2D eigenvalue weighted by Crippen LogP contribution is -2.33. The van der Waals surface area contributed by atoms with Crippen molar-refractivity contribution < 1.29 is 4.79 Å². The molecular formula is C17H18BrN3O2. The number of hydrogen-bond acceptors (Lipinski definition) is 3. The normalized spacial score (nSPS) is 12.9. The highest BCUT2D eigenvalue weighted by Crippen LogP contribution is 2.16. The van der Waals surface area contributed by atoms with Crippen molar-refractivity contribution in [2.45, 2.75) is 32.2 Å². The van der Waals surface area contributed by atoms with Gasteiger partial charge in [-0.25, -0.2) is 4.68 Å². The van der Waals surface area contributed by atoms with Crippen molar-refractivity contribution in [3.63, 3.8) is 0 Å². The molecule has 1 heterocycles. The Hall–Kier alpha value is -1.95. The van der Waals surface area contributed by atoms with Crippen LogP contribution >= 0.6 is 15.9 Å². The van der Waals surface area contributed by atoms with Crippen molar-refractivity contribution in [3.8, 4) is 0 Å². The van der Waals surface area contributed by atoms with Crippen LogP contribution in [-0.4, -0.2) is 22.2 Å². The van der Waals surface area contributed by atoms with Gasteiger partial charge in [0.15, 0.2) is 0 Å². The van der Waals surface area contributed by atoms with Gasteiger partial charge in [-0.3, -0.25) is 9.59 Å². The first kappa shape index (κ1) is 15.9. The van der Waals surface area contributed by atoms with Gasteiger partial charge >= 0.3 is 0 Å². The number of nitrogens with one attached hydrogen (secondary N) is 1. The molecule has 6 heteroatoms. The third-order valence-corrected chi connectivity index (χ3v) is 4.48. The van der Waals surface area contributed by atoms with E-state index in [1.807, 2.05) is 24.3 Å². The van der Waals surface area contributed by atoms with Crippen molar-refractivity contribution in [1.82, 2.24) is 15.1 Å². The van der Waals surface area contributed by atoms with Gasteiger partial charge in [0.05, 0.1) is 18.7 Å². The van der Waals surface area contributed by atoms with Crippen LogP contribution in [0.15, 0.2) is 39.6 Å². The molecule has 2 aromatic rings. The second kappa shape index (κ2) is 7.08. The molecule has 1 aliphatic rings. The molecule has 0 spiro atoms. The lowest BCUT2D eigenvalue weighted by molar-refractivity contribution is -0.120. The second-order valence-corrected chi connectivity index (χ2v) is 6.60. The lowest BCUT2D eigenvalue weighted by Gasteiger charge is -2.08. The summed E-state index contributed by atoms with van der Waals surface area (Å²) >= 11 is 3.37. The van der Waals surface area contributed by atoms with E-state index in [1.165, 1.54) is 4.68 Å². The third-order valence-electron chi connectivity index (χ3n) is 3.95. The van der Waals surface area contributed by atoms with Gasteiger partial charge in [-0.05, 0) is 42.5 Å². The summed E-state index contributed by atoms with van der Waals surface area (Å²) in [4.78, 5) is 23.9. The smallest absolute Gasteiger partial charge is 0.267 e. The molecule has 0 radical (unpaired) electrons. The van der Waals surface area contributed by atoms with Crippen molar-refractivity contribution in [3.05, 3.63) is 62.0 Å². The maximum Gasteiger partial charge on any atom is 0.267 e. The molecule has 0 fully saturated rings. The van der Waals surface area contributed by atoms with Crippen LogP contribution in [0.3, 0.4) is 0 Å². The molecule has 1 aromatic carbocycles. The molecule has 0 saturated carbocycles. The van der Waals surface area contributed by atoms with E-state index in [-0.39, 0.29) is 11.5 Å². The number of benzene rings is 1. The molecule has 0 unspecified atom stereocenters. The minimum atomic E-state index is -0.0900. The molecule has 1 aliphatic carbocycles. The summed E-state index contributed by atoms with van der Waals surface area (Å²) in [6.07, 6.45) is 3.28. The number of carbonyl (C=O) groups excluding carboxylic acids is 1. The lowest BCUT2D eigenvalue weighted by atomic mass is 10.1. The molecule has 0 bridgehead atoms. The number of hydrogen-bond donors (Lipinski definition) is 1. The molecule has 3 rings (SSSR count). The van der Waals surface area contributed by atoms with Crippen LogP contribution in [0.25, 0.3) is 0 Å². The summed E-state index contributed by atoms with van der Waals surface area (Å²) in [7, 11) is 0. The fourth-order valence-corrected chi connectivity index (χ4v) is 3.02. The highest BCUT2D eigenvalue weighted by molar-refractivity contribution is 9.10. The van der Waals surface area contributed by atoms with Gasteiger partial charge in [-0.1, -0.05) is 28.1 Å². The highest BCUT2D eigenvalue weighted by atomic mass is 79.9. The summed E-state index contributed by atoms with van der Waals surface area (Å²) < 4.78 is 2.44. The SMILES string of the molecule is O=C(Cc1ccc(Br)cc1)NCCn1nc2c(cc1=O)CCC2. The van der Waals surface area contributed by atoms with Gasteiger partial charge in [0.1, 0.15) is 0 Å². The average Bonchev–Trinajstić information content (AvgIpc) is 2.97. The summed E-state index contributed by atoms with van der Waals surface area (Å²) in [5.41, 5.74) is 2.96. The molecule has 0 aliphatic heterocycles. The van der Waals surface area contributed by atoms with E-state index in [0.717, 1.165) is 40.6 Å². The summed E-state index contributed by atoms with van der Waals surface area (Å²) in [6, 6.07) is 9.33. The molecule has 120 valence electrons. The predicted octanol–water partition coefficient (Wildman–Crippen LogP) is 1.85. The van der Waals surface area contributed by atoms with Crippen LogP contribution in [0, 0.1) is 0 Å². The second-order valence-electron chi connectivity index (χ2n) is 5.68. The third kappa shape index (κ3) is 4.07.